The van der Waals surface area contributed by atoms with Crippen LogP contribution in [0, 0.1) is 0 Å². The molecule has 1 aliphatic heterocycles. The van der Waals surface area contributed by atoms with Gasteiger partial charge in [0.05, 0.1) is 25.9 Å². The number of ether oxygens (including phenoxy) is 2. The third kappa shape index (κ3) is 3.66. The summed E-state index contributed by atoms with van der Waals surface area (Å²) in [6.07, 6.45) is 7.69. The summed E-state index contributed by atoms with van der Waals surface area (Å²) < 4.78 is 12.3. The van der Waals surface area contributed by atoms with Gasteiger partial charge in [-0.1, -0.05) is 6.42 Å². The molecule has 3 heterocycles. The molecule has 0 spiro atoms. The molecule has 7 nitrogen and oxygen atoms in total. The molecule has 2 aliphatic rings. The van der Waals surface area contributed by atoms with Crippen molar-refractivity contribution in [2.45, 2.75) is 51.6 Å². The first-order valence-corrected chi connectivity index (χ1v) is 11.9. The Morgan fingerprint density at radius 3 is 2.59 bits per heavy atom. The second-order valence-corrected chi connectivity index (χ2v) is 9.55. The molecule has 3 aromatic rings. The Labute approximate surface area is 190 Å². The summed E-state index contributed by atoms with van der Waals surface area (Å²) in [5.74, 6) is 1.28. The SMILES string of the molecule is COc1cc2c(cc1OC)CN(C(=O)Cn1cnc3sc4c(c3c1=O)CCCCC4)CC2. The van der Waals surface area contributed by atoms with Crippen molar-refractivity contribution in [1.29, 1.82) is 0 Å². The fourth-order valence-electron chi connectivity index (χ4n) is 4.81. The summed E-state index contributed by atoms with van der Waals surface area (Å²) >= 11 is 1.64. The van der Waals surface area contributed by atoms with Crippen molar-refractivity contribution in [2.24, 2.45) is 0 Å². The average molecular weight is 454 g/mol. The first-order chi connectivity index (χ1) is 15.6. The van der Waals surface area contributed by atoms with E-state index >= 15 is 0 Å². The van der Waals surface area contributed by atoms with E-state index in [2.05, 4.69) is 4.98 Å². The van der Waals surface area contributed by atoms with Crippen molar-refractivity contribution in [3.05, 3.63) is 50.4 Å². The largest absolute Gasteiger partial charge is 0.493 e. The highest BCUT2D eigenvalue weighted by Crippen LogP contribution is 2.34. The minimum Gasteiger partial charge on any atom is -0.493 e. The summed E-state index contributed by atoms with van der Waals surface area (Å²) in [4.78, 5) is 34.8. The number of aromatic nitrogens is 2. The van der Waals surface area contributed by atoms with E-state index in [1.54, 1.807) is 30.5 Å². The fourth-order valence-corrected chi connectivity index (χ4v) is 6.03. The number of carbonyl (C=O) groups excluding carboxylic acids is 1. The lowest BCUT2D eigenvalue weighted by Gasteiger charge is -2.29. The Morgan fingerprint density at radius 2 is 1.81 bits per heavy atom. The van der Waals surface area contributed by atoms with Crippen molar-refractivity contribution in [1.82, 2.24) is 14.5 Å². The Kier molecular flexibility index (Phi) is 5.63. The maximum atomic E-state index is 13.3. The molecule has 1 aliphatic carbocycles. The maximum Gasteiger partial charge on any atom is 0.262 e. The van der Waals surface area contributed by atoms with Crippen LogP contribution >= 0.6 is 11.3 Å². The van der Waals surface area contributed by atoms with Crippen LogP contribution in [0.5, 0.6) is 11.5 Å². The van der Waals surface area contributed by atoms with Gasteiger partial charge in [-0.15, -0.1) is 11.3 Å². The Morgan fingerprint density at radius 1 is 1.06 bits per heavy atom. The van der Waals surface area contributed by atoms with Crippen LogP contribution in [0.1, 0.15) is 40.8 Å². The molecule has 0 bridgehead atoms. The summed E-state index contributed by atoms with van der Waals surface area (Å²) in [6, 6.07) is 3.93. The van der Waals surface area contributed by atoms with Gasteiger partial charge >= 0.3 is 0 Å². The van der Waals surface area contributed by atoms with Gasteiger partial charge in [-0.3, -0.25) is 14.2 Å². The van der Waals surface area contributed by atoms with Crippen molar-refractivity contribution in [2.75, 3.05) is 20.8 Å². The van der Waals surface area contributed by atoms with Crippen LogP contribution in [-0.4, -0.2) is 41.1 Å². The summed E-state index contributed by atoms with van der Waals surface area (Å²) in [5.41, 5.74) is 3.28. The van der Waals surface area contributed by atoms with Crippen molar-refractivity contribution in [3.8, 4) is 11.5 Å². The monoisotopic (exact) mass is 453 g/mol. The van der Waals surface area contributed by atoms with E-state index in [1.165, 1.54) is 28.6 Å². The molecule has 0 N–H and O–H groups in total. The first-order valence-electron chi connectivity index (χ1n) is 11.1. The molecule has 1 aromatic carbocycles. The number of aryl methyl sites for hydroxylation is 2. The zero-order chi connectivity index (χ0) is 22.2. The summed E-state index contributed by atoms with van der Waals surface area (Å²) in [7, 11) is 3.23. The molecule has 1 amide bonds. The second kappa shape index (κ2) is 8.58. The average Bonchev–Trinajstić information content (AvgIpc) is 3.01. The summed E-state index contributed by atoms with van der Waals surface area (Å²) in [5, 5.41) is 0.725. The number of fused-ring (bicyclic) bond motifs is 4. The topological polar surface area (TPSA) is 73.7 Å². The lowest BCUT2D eigenvalue weighted by molar-refractivity contribution is -0.132. The van der Waals surface area contributed by atoms with Crippen molar-refractivity contribution < 1.29 is 14.3 Å². The Balaban J connectivity index is 1.39. The number of carbonyl (C=O) groups is 1. The number of nitrogens with zero attached hydrogens (tertiary/aromatic N) is 3. The van der Waals surface area contributed by atoms with Gasteiger partial charge in [0, 0.05) is 18.0 Å². The quantitative estimate of drug-likeness (QED) is 0.567. The number of hydrogen-bond donors (Lipinski definition) is 0. The van der Waals surface area contributed by atoms with Gasteiger partial charge in [-0.05, 0) is 60.9 Å². The standard InChI is InChI=1S/C24H27N3O4S/c1-30-18-10-15-8-9-26(12-16(15)11-19(18)31-2)21(28)13-27-14-25-23-22(24(27)29)17-6-4-3-5-7-20(17)32-23/h10-11,14H,3-9,12-13H2,1-2H3. The molecule has 0 saturated heterocycles. The smallest absolute Gasteiger partial charge is 0.262 e. The van der Waals surface area contributed by atoms with Gasteiger partial charge < -0.3 is 14.4 Å². The van der Waals surface area contributed by atoms with Gasteiger partial charge in [0.15, 0.2) is 11.5 Å². The third-order valence-corrected chi connectivity index (χ3v) is 7.77. The Hall–Kier alpha value is -2.87. The van der Waals surface area contributed by atoms with E-state index in [-0.39, 0.29) is 18.0 Å². The molecule has 0 radical (unpaired) electrons. The molecule has 5 rings (SSSR count). The highest BCUT2D eigenvalue weighted by atomic mass is 32.1. The third-order valence-electron chi connectivity index (χ3n) is 6.57. The number of hydrogen-bond acceptors (Lipinski definition) is 6. The molecule has 168 valence electrons. The van der Waals surface area contributed by atoms with Gasteiger partial charge in [0.25, 0.3) is 5.56 Å². The molecule has 0 unspecified atom stereocenters. The molecule has 8 heteroatoms. The zero-order valence-corrected chi connectivity index (χ0v) is 19.3. The van der Waals surface area contributed by atoms with Gasteiger partial charge in [0.2, 0.25) is 5.91 Å². The minimum absolute atomic E-state index is 0.00894. The highest BCUT2D eigenvalue weighted by Gasteiger charge is 2.24. The van der Waals surface area contributed by atoms with Gasteiger partial charge in [0.1, 0.15) is 11.4 Å². The zero-order valence-electron chi connectivity index (χ0n) is 18.5. The number of methoxy groups -OCH3 is 2. The summed E-state index contributed by atoms with van der Waals surface area (Å²) in [6.45, 7) is 1.11. The maximum absolute atomic E-state index is 13.3. The lowest BCUT2D eigenvalue weighted by Crippen LogP contribution is -2.39. The number of rotatable bonds is 4. The predicted octanol–water partition coefficient (Wildman–Crippen LogP) is 3.33. The van der Waals surface area contributed by atoms with E-state index in [0.29, 0.717) is 24.6 Å². The number of thiophene rings is 1. The van der Waals surface area contributed by atoms with Crippen LogP contribution in [0.4, 0.5) is 0 Å². The van der Waals surface area contributed by atoms with E-state index in [9.17, 15) is 9.59 Å². The van der Waals surface area contributed by atoms with E-state index in [1.807, 2.05) is 12.1 Å². The molecule has 0 saturated carbocycles. The van der Waals surface area contributed by atoms with Crippen LogP contribution in [0.2, 0.25) is 0 Å². The fraction of sp³-hybridized carbons (Fsp3) is 0.458. The van der Waals surface area contributed by atoms with Crippen molar-refractivity contribution >= 4 is 27.5 Å². The second-order valence-electron chi connectivity index (χ2n) is 8.46. The van der Waals surface area contributed by atoms with Crippen LogP contribution in [0.3, 0.4) is 0 Å². The number of amides is 1. The van der Waals surface area contributed by atoms with Crippen LogP contribution in [0.15, 0.2) is 23.3 Å². The first kappa shape index (κ1) is 21.0. The lowest BCUT2D eigenvalue weighted by atomic mass is 9.98. The van der Waals surface area contributed by atoms with Crippen LogP contribution in [0.25, 0.3) is 10.2 Å². The van der Waals surface area contributed by atoms with E-state index in [4.69, 9.17) is 9.47 Å². The minimum atomic E-state index is -0.0911. The molecule has 2 aromatic heterocycles. The van der Waals surface area contributed by atoms with E-state index in [0.717, 1.165) is 52.6 Å². The van der Waals surface area contributed by atoms with Crippen LogP contribution < -0.4 is 15.0 Å². The predicted molar refractivity (Wildman–Crippen MR) is 124 cm³/mol. The number of benzene rings is 1. The van der Waals surface area contributed by atoms with Crippen molar-refractivity contribution in [3.63, 3.8) is 0 Å². The van der Waals surface area contributed by atoms with Gasteiger partial charge in [-0.2, -0.15) is 0 Å². The molecular formula is C24H27N3O4S. The molecular weight excluding hydrogens is 426 g/mol. The van der Waals surface area contributed by atoms with Gasteiger partial charge in [-0.25, -0.2) is 4.98 Å². The Bertz CT molecular complexity index is 1250. The highest BCUT2D eigenvalue weighted by molar-refractivity contribution is 7.18. The van der Waals surface area contributed by atoms with Crippen LogP contribution in [-0.2, 0) is 37.1 Å². The normalized spacial score (nSPS) is 15.8. The molecule has 0 fully saturated rings. The molecule has 32 heavy (non-hydrogen) atoms. The van der Waals surface area contributed by atoms with E-state index < -0.39 is 0 Å². The molecule has 0 atom stereocenters.